The number of aliphatic carboxylic acids is 2. The molecule has 0 spiro atoms. The average Bonchev–Trinajstić information content (AvgIpc) is 1.70. The highest BCUT2D eigenvalue weighted by molar-refractivity contribution is 9.10. The van der Waals surface area contributed by atoms with Gasteiger partial charge in [0.05, 0.1) is 80.9 Å². The highest BCUT2D eigenvalue weighted by atomic mass is 79.9. The lowest BCUT2D eigenvalue weighted by atomic mass is 9.75. The molecule has 17 rings (SSSR count). The van der Waals surface area contributed by atoms with Gasteiger partial charge in [-0.2, -0.15) is 5.10 Å². The van der Waals surface area contributed by atoms with Gasteiger partial charge in [-0.15, -0.1) is 10.5 Å². The summed E-state index contributed by atoms with van der Waals surface area (Å²) in [6, 6.07) is 66.9. The third kappa shape index (κ3) is 22.7. The van der Waals surface area contributed by atoms with Gasteiger partial charge in [0.25, 0.3) is 17.4 Å². The number of nitrogens with zero attached hydrogens (tertiary/aromatic N) is 5. The lowest BCUT2D eigenvalue weighted by Gasteiger charge is -2.46. The van der Waals surface area contributed by atoms with Crippen LogP contribution in [0.3, 0.4) is 0 Å². The molecule has 1 fully saturated rings. The number of dihydropyridines is 1. The Balaban J connectivity index is 0.000000161. The monoisotopic (exact) mass is 1910 g/mol. The zero-order chi connectivity index (χ0) is 95.0. The molecule has 0 bridgehead atoms. The number of benzene rings is 9. The van der Waals surface area contributed by atoms with Gasteiger partial charge in [-0.3, -0.25) is 42.9 Å². The molecule has 2 aromatic heterocycles. The van der Waals surface area contributed by atoms with Crippen LogP contribution < -0.4 is 40.6 Å². The quantitative estimate of drug-likeness (QED) is 0.0176. The number of aromatic nitrogens is 3. The number of aryl methyl sites for hydroxylation is 1. The van der Waals surface area contributed by atoms with Gasteiger partial charge in [0, 0.05) is 115 Å². The molecule has 6 N–H and O–H groups in total. The van der Waals surface area contributed by atoms with Crippen LogP contribution in [0.25, 0.3) is 27.8 Å². The molecule has 25 nitrogen and oxygen atoms in total. The Labute approximate surface area is 797 Å². The fourth-order valence-electron chi connectivity index (χ4n) is 18.4. The fourth-order valence-corrected chi connectivity index (χ4v) is 20.5. The molecule has 3 amide bonds. The van der Waals surface area contributed by atoms with Crippen molar-refractivity contribution in [2.24, 2.45) is 5.41 Å². The van der Waals surface area contributed by atoms with Crippen LogP contribution in [0.5, 0.6) is 17.2 Å². The third-order valence-electron chi connectivity index (χ3n) is 24.1. The number of nitrogens with one attached hydrogen (secondary N) is 3. The molecule has 3 unspecified atom stereocenters. The number of carbonyl (C=O) groups is 9. The first-order valence-corrected chi connectivity index (χ1v) is 46.2. The topological polar surface area (TPSA) is 334 Å². The van der Waals surface area contributed by atoms with Crippen molar-refractivity contribution in [1.82, 2.24) is 35.2 Å². The number of esters is 1. The molecule has 4 aliphatic heterocycles. The fraction of sp³-hybridized carbons (Fsp3) is 0.296. The molecule has 11 aromatic rings. The van der Waals surface area contributed by atoms with E-state index in [0.717, 1.165) is 67.9 Å². The highest BCUT2D eigenvalue weighted by Gasteiger charge is 2.52. The lowest BCUT2D eigenvalue weighted by Crippen LogP contribution is -2.62. The smallest absolute Gasteiger partial charge is 0.341 e. The number of carboxylic acids is 2. The minimum Gasteiger partial charge on any atom is -0.497 e. The maximum absolute atomic E-state index is 13.8. The number of hydrogen-bond donors (Lipinski definition) is 6. The lowest BCUT2D eigenvalue weighted by molar-refractivity contribution is -0.141. The van der Waals surface area contributed by atoms with Crippen LogP contribution in [0, 0.1) is 12.3 Å². The van der Waals surface area contributed by atoms with Crippen molar-refractivity contribution in [1.29, 1.82) is 0 Å². The van der Waals surface area contributed by atoms with E-state index in [1.54, 1.807) is 94.9 Å². The second-order valence-electron chi connectivity index (χ2n) is 35.8. The molecule has 27 heteroatoms. The Morgan fingerprint density at radius 3 is 2.01 bits per heavy atom. The van der Waals surface area contributed by atoms with Gasteiger partial charge < -0.3 is 60.0 Å². The van der Waals surface area contributed by atoms with Crippen molar-refractivity contribution < 1.29 is 77.4 Å². The summed E-state index contributed by atoms with van der Waals surface area (Å²) in [6.07, 6.45) is 8.08. The summed E-state index contributed by atoms with van der Waals surface area (Å²) in [5.41, 5.74) is 8.93. The summed E-state index contributed by atoms with van der Waals surface area (Å²) in [4.78, 5) is 132. The Bertz CT molecular complexity index is 6570. The van der Waals surface area contributed by atoms with Crippen molar-refractivity contribution in [3.05, 3.63) is 335 Å². The number of carboxylic acid groups (broad SMARTS) is 2. The van der Waals surface area contributed by atoms with E-state index in [0.29, 0.717) is 98.2 Å². The molecule has 6 heterocycles. The number of fused-ring (bicyclic) bond motifs is 5. The van der Waals surface area contributed by atoms with E-state index in [2.05, 4.69) is 77.1 Å². The van der Waals surface area contributed by atoms with Crippen LogP contribution in [0.4, 0.5) is 5.69 Å². The standard InChI is InChI=1S/C29H25NO5.C28H37N3O3.C25H25N3O3S.C24H20BrNO6.2CH4/c1-34-21-14-15-23(27(16-21)35-2)26(31)17-29(33)24-12-5-6-13-25(24)30(28(29)32)18-20-10-7-9-19-8-3-4-11-22(19)20;1-17-8-10-19(11-9-17)31-22-15-26(2,3)16-23(32)20(22)12-21(25(31)34)24(33)29-18-13-27(4,5)30-28(6,7)14-18;29-23(13-14-24(30)31)27(17-20-9-3-1-4-10-20)18-21-19-28(22-11-5-2-6-12-22)26-25(21)32-15-7-8-16-32;1-3-31-24(30)19-12(2)26-22-14-6-4-5-7-15(14)23(29)21(22)20(19)16-10-13(25)8-9-17(16)32-11-18(27)28;;/h3-16,33H,17-18H2,1-2H3;8-12,18,30H,13-16H2,1-7H3,(H,29,33);1-12,15,19H,13-14,16-18H2,(H,30,31);4-10,20,26H,3,11H2,1-2H3,(H,27,28);2*1H4. The second-order valence-corrected chi connectivity index (χ2v) is 38.5. The number of Topliss-reactive ketones (excluding diaryl/α,β-unsaturated/α-hetero) is 3. The van der Waals surface area contributed by atoms with Gasteiger partial charge in [-0.1, -0.05) is 208 Å². The van der Waals surface area contributed by atoms with Crippen LogP contribution >= 0.6 is 26.4 Å². The van der Waals surface area contributed by atoms with Crippen LogP contribution in [-0.4, -0.2) is 143 Å². The first-order valence-electron chi connectivity index (χ1n) is 43.9. The minimum absolute atomic E-state index is 0. The number of ketones is 3. The third-order valence-corrected chi connectivity index (χ3v) is 26.4. The number of methoxy groups -OCH3 is 2. The van der Waals surface area contributed by atoms with E-state index in [9.17, 15) is 53.1 Å². The van der Waals surface area contributed by atoms with Gasteiger partial charge in [0.1, 0.15) is 27.8 Å². The van der Waals surface area contributed by atoms with E-state index in [1.165, 1.54) is 20.3 Å². The highest BCUT2D eigenvalue weighted by Crippen LogP contribution is 2.51. The molecule has 0 saturated carbocycles. The number of amides is 3. The number of aliphatic hydroxyl groups is 1. The van der Waals surface area contributed by atoms with E-state index >= 15 is 0 Å². The zero-order valence-corrected chi connectivity index (χ0v) is 78.4. The predicted molar refractivity (Wildman–Crippen MR) is 530 cm³/mol. The maximum atomic E-state index is 13.8. The van der Waals surface area contributed by atoms with Crippen LogP contribution in [0.1, 0.15) is 201 Å². The van der Waals surface area contributed by atoms with Crippen molar-refractivity contribution in [2.75, 3.05) is 38.1 Å². The number of piperidine rings is 1. The van der Waals surface area contributed by atoms with Crippen LogP contribution in [0.15, 0.2) is 268 Å². The summed E-state index contributed by atoms with van der Waals surface area (Å²) >= 11 is 3.44. The molecule has 135 heavy (non-hydrogen) atoms. The number of halogens is 1. The summed E-state index contributed by atoms with van der Waals surface area (Å²) in [7, 11) is 2.84. The van der Waals surface area contributed by atoms with Crippen LogP contribution in [0.2, 0.25) is 0 Å². The molecule has 0 radical (unpaired) electrons. The number of pyridine rings is 1. The van der Waals surface area contributed by atoms with E-state index in [1.807, 2.05) is 177 Å². The molecule has 9 aromatic carbocycles. The van der Waals surface area contributed by atoms with Gasteiger partial charge in [-0.25, -0.2) is 14.3 Å². The minimum atomic E-state index is -1.98. The van der Waals surface area contributed by atoms with Crippen molar-refractivity contribution in [2.45, 2.75) is 175 Å². The van der Waals surface area contributed by atoms with Gasteiger partial charge in [0.15, 0.2) is 29.6 Å². The summed E-state index contributed by atoms with van der Waals surface area (Å²) in [5.74, 6) is -3.15. The van der Waals surface area contributed by atoms with E-state index < -0.39 is 60.1 Å². The predicted octanol–water partition coefficient (Wildman–Crippen LogP) is 18.8. The van der Waals surface area contributed by atoms with Crippen molar-refractivity contribution in [3.8, 4) is 28.6 Å². The second kappa shape index (κ2) is 42.7. The number of hydrogen-bond acceptors (Lipinski definition) is 18. The number of ether oxygens (including phenoxy) is 4. The Morgan fingerprint density at radius 1 is 0.667 bits per heavy atom. The number of anilines is 1. The summed E-state index contributed by atoms with van der Waals surface area (Å²) in [6.45, 7) is 18.7. The van der Waals surface area contributed by atoms with E-state index in [-0.39, 0.29) is 119 Å². The average molecular weight is 1910 g/mol. The van der Waals surface area contributed by atoms with E-state index in [4.69, 9.17) is 34.3 Å². The van der Waals surface area contributed by atoms with Crippen LogP contribution in [-0.2, 0) is 60.4 Å². The summed E-state index contributed by atoms with van der Waals surface area (Å²) in [5, 5.41) is 49.9. The molecule has 3 atom stereocenters. The molecule has 6 aliphatic rings. The number of carbonyl (C=O) groups excluding carboxylic acids is 7. The number of para-hydroxylation sites is 2. The number of allylic oxidation sites excluding steroid dienone is 3. The Hall–Kier alpha value is -13.7. The summed E-state index contributed by atoms with van der Waals surface area (Å²) < 4.78 is 25.6. The van der Waals surface area contributed by atoms with Gasteiger partial charge >= 0.3 is 17.9 Å². The molecule has 2 aliphatic carbocycles. The Kier molecular flexibility index (Phi) is 31.7. The molecular formula is C108H115BrN8O17S. The molecular weight excluding hydrogens is 1790 g/mol. The largest absolute Gasteiger partial charge is 0.497 e. The SMILES string of the molecule is C.C.CCOC(=O)C1=C(C)NC2=C(C(=O)c3ccccc32)C1c1cc(Br)ccc1OCC(=O)O.COc1ccc(C(=O)CC2(O)C(=O)N(Cc3cccc4ccccc34)c3ccccc32)c(OC)c1.Cc1ccc(-n2c3c(cc(C(=O)NC4CC(C)(C)NC(C)(C)C4)c2=O)C(=O)CC(C)(C)C3)cc1.O=C(O)CCC(=O)N(Cc1ccccc1)Cc1cn(-c2ccccc2)nc1S1=CC=CC1. The Morgan fingerprint density at radius 2 is 1.33 bits per heavy atom. The van der Waals surface area contributed by atoms with Crippen molar-refractivity contribution in [3.63, 3.8) is 0 Å². The molecule has 1 saturated heterocycles. The molecule has 702 valence electrons. The maximum Gasteiger partial charge on any atom is 0.341 e. The first kappa shape index (κ1) is 100. The zero-order valence-electron chi connectivity index (χ0n) is 76.0. The first-order chi connectivity index (χ1) is 63.5. The van der Waals surface area contributed by atoms with Gasteiger partial charge in [0.2, 0.25) is 5.91 Å². The van der Waals surface area contributed by atoms with Crippen molar-refractivity contribution >= 4 is 107 Å². The normalized spacial score (nSPS) is 17.2. The number of rotatable bonds is 25. The van der Waals surface area contributed by atoms with Gasteiger partial charge in [-0.05, 0) is 167 Å².